The van der Waals surface area contributed by atoms with Crippen molar-refractivity contribution in [2.24, 2.45) is 0 Å². The number of hydrogen-bond donors (Lipinski definition) is 1. The molecule has 0 radical (unpaired) electrons. The third-order valence-corrected chi connectivity index (χ3v) is 7.17. The maximum atomic E-state index is 13.1. The summed E-state index contributed by atoms with van der Waals surface area (Å²) in [6, 6.07) is 8.44. The van der Waals surface area contributed by atoms with Crippen LogP contribution in [-0.4, -0.2) is 77.9 Å². The molecule has 1 spiro atoms. The van der Waals surface area contributed by atoms with Crippen LogP contribution < -0.4 is 5.32 Å². The Labute approximate surface area is 180 Å². The Morgan fingerprint density at radius 1 is 1.03 bits per heavy atom. The lowest BCUT2D eigenvalue weighted by Crippen LogP contribution is -2.54. The van der Waals surface area contributed by atoms with E-state index in [1.165, 1.54) is 24.8 Å². The number of benzene rings is 1. The topological polar surface area (TPSA) is 55.9 Å². The minimum Gasteiger partial charge on any atom is -0.379 e. The van der Waals surface area contributed by atoms with Gasteiger partial charge in [-0.25, -0.2) is 0 Å². The Bertz CT molecular complexity index is 751. The summed E-state index contributed by atoms with van der Waals surface area (Å²) in [6.07, 6.45) is 6.70. The van der Waals surface area contributed by atoms with E-state index in [4.69, 9.17) is 0 Å². The zero-order valence-corrected chi connectivity index (χ0v) is 18.4. The summed E-state index contributed by atoms with van der Waals surface area (Å²) in [7, 11) is 0. The van der Waals surface area contributed by atoms with Crippen LogP contribution in [0.3, 0.4) is 0 Å². The van der Waals surface area contributed by atoms with Crippen LogP contribution in [0, 0.1) is 0 Å². The first-order valence-corrected chi connectivity index (χ1v) is 11.7. The van der Waals surface area contributed by atoms with Gasteiger partial charge in [0.05, 0.1) is 6.54 Å². The summed E-state index contributed by atoms with van der Waals surface area (Å²) >= 11 is 0. The van der Waals surface area contributed by atoms with Crippen molar-refractivity contribution < 1.29 is 9.59 Å². The van der Waals surface area contributed by atoms with Crippen LogP contribution in [0.1, 0.15) is 51.0 Å². The number of fused-ring (bicyclic) bond motifs is 1. The number of carbonyl (C=O) groups is 2. The van der Waals surface area contributed by atoms with E-state index in [2.05, 4.69) is 41.4 Å². The maximum absolute atomic E-state index is 13.1. The second-order valence-electron chi connectivity index (χ2n) is 9.18. The summed E-state index contributed by atoms with van der Waals surface area (Å²) in [4.78, 5) is 32.2. The van der Waals surface area contributed by atoms with Crippen LogP contribution in [0.4, 0.5) is 5.69 Å². The SMILES string of the molecule is CCN1CCc2ccccc2NC2(CCN(C(=O)CN3CCCCC3)CC2)CC1=O. The number of nitrogens with zero attached hydrogens (tertiary/aromatic N) is 3. The largest absolute Gasteiger partial charge is 0.379 e. The van der Waals surface area contributed by atoms with Gasteiger partial charge < -0.3 is 15.1 Å². The molecule has 0 unspecified atom stereocenters. The second kappa shape index (κ2) is 9.38. The van der Waals surface area contributed by atoms with Gasteiger partial charge in [-0.1, -0.05) is 24.6 Å². The molecule has 1 aromatic carbocycles. The average Bonchev–Trinajstić information content (AvgIpc) is 2.81. The molecule has 3 aliphatic rings. The third kappa shape index (κ3) is 4.80. The number of para-hydroxylation sites is 1. The number of likely N-dealkylation sites (N-methyl/N-ethyl adjacent to an activating group) is 1. The first kappa shape index (κ1) is 21.2. The molecule has 164 valence electrons. The predicted molar refractivity (Wildman–Crippen MR) is 119 cm³/mol. The molecule has 30 heavy (non-hydrogen) atoms. The first-order chi connectivity index (χ1) is 14.6. The fraction of sp³-hybridized carbons (Fsp3) is 0.667. The molecular weight excluding hydrogens is 376 g/mol. The number of likely N-dealkylation sites (tertiary alicyclic amines) is 2. The molecule has 0 aliphatic carbocycles. The molecule has 4 rings (SSSR count). The van der Waals surface area contributed by atoms with Crippen LogP contribution >= 0.6 is 0 Å². The van der Waals surface area contributed by atoms with E-state index < -0.39 is 0 Å². The van der Waals surface area contributed by atoms with Gasteiger partial charge in [-0.15, -0.1) is 0 Å². The minimum absolute atomic E-state index is 0.228. The van der Waals surface area contributed by atoms with Gasteiger partial charge >= 0.3 is 0 Å². The Morgan fingerprint density at radius 2 is 1.77 bits per heavy atom. The lowest BCUT2D eigenvalue weighted by atomic mass is 9.83. The van der Waals surface area contributed by atoms with Gasteiger partial charge in [-0.05, 0) is 63.7 Å². The van der Waals surface area contributed by atoms with Crippen molar-refractivity contribution in [1.29, 1.82) is 0 Å². The Balaban J connectivity index is 1.46. The van der Waals surface area contributed by atoms with Crippen molar-refractivity contribution in [1.82, 2.24) is 14.7 Å². The molecule has 2 saturated heterocycles. The first-order valence-electron chi connectivity index (χ1n) is 11.7. The lowest BCUT2D eigenvalue weighted by Gasteiger charge is -2.43. The summed E-state index contributed by atoms with van der Waals surface area (Å²) in [5.41, 5.74) is 2.15. The fourth-order valence-corrected chi connectivity index (χ4v) is 5.20. The standard InChI is InChI=1S/C24H36N4O2/c1-2-27-15-10-20-8-4-5-9-21(20)25-24(18-22(27)29)11-16-28(17-12-24)23(30)19-26-13-6-3-7-14-26/h4-5,8-9,25H,2-3,6-7,10-19H2,1H3. The van der Waals surface area contributed by atoms with Gasteiger partial charge in [0.1, 0.15) is 0 Å². The highest BCUT2D eigenvalue weighted by Crippen LogP contribution is 2.33. The van der Waals surface area contributed by atoms with E-state index in [9.17, 15) is 9.59 Å². The monoisotopic (exact) mass is 412 g/mol. The second-order valence-corrected chi connectivity index (χ2v) is 9.18. The fourth-order valence-electron chi connectivity index (χ4n) is 5.20. The molecule has 0 atom stereocenters. The summed E-state index contributed by atoms with van der Waals surface area (Å²) in [6.45, 7) is 7.66. The minimum atomic E-state index is -0.271. The third-order valence-electron chi connectivity index (χ3n) is 7.17. The number of carbonyl (C=O) groups excluding carboxylic acids is 2. The number of amides is 2. The molecule has 1 aromatic rings. The zero-order valence-electron chi connectivity index (χ0n) is 18.4. The summed E-state index contributed by atoms with van der Waals surface area (Å²) < 4.78 is 0. The van der Waals surface area contributed by atoms with Crippen LogP contribution in [0.2, 0.25) is 0 Å². The highest BCUT2D eigenvalue weighted by molar-refractivity contribution is 5.80. The van der Waals surface area contributed by atoms with Gasteiger partial charge in [-0.2, -0.15) is 0 Å². The highest BCUT2D eigenvalue weighted by Gasteiger charge is 2.39. The van der Waals surface area contributed by atoms with Crippen LogP contribution in [-0.2, 0) is 16.0 Å². The Kier molecular flexibility index (Phi) is 6.61. The van der Waals surface area contributed by atoms with Crippen molar-refractivity contribution in [3.05, 3.63) is 29.8 Å². The van der Waals surface area contributed by atoms with Crippen LogP contribution in [0.5, 0.6) is 0 Å². The molecule has 3 aliphatic heterocycles. The van der Waals surface area contributed by atoms with Gasteiger partial charge in [-0.3, -0.25) is 14.5 Å². The number of piperidine rings is 2. The Hall–Kier alpha value is -2.08. The van der Waals surface area contributed by atoms with E-state index in [1.807, 2.05) is 9.80 Å². The number of anilines is 1. The molecule has 6 nitrogen and oxygen atoms in total. The number of rotatable bonds is 3. The smallest absolute Gasteiger partial charge is 0.236 e. The normalized spacial score (nSPS) is 22.6. The number of hydrogen-bond acceptors (Lipinski definition) is 4. The van der Waals surface area contributed by atoms with E-state index in [0.29, 0.717) is 13.0 Å². The molecule has 6 heteroatoms. The van der Waals surface area contributed by atoms with Crippen molar-refractivity contribution in [3.8, 4) is 0 Å². The van der Waals surface area contributed by atoms with Crippen molar-refractivity contribution >= 4 is 17.5 Å². The van der Waals surface area contributed by atoms with E-state index in [0.717, 1.165) is 64.2 Å². The van der Waals surface area contributed by atoms with Crippen molar-refractivity contribution in [2.75, 3.05) is 51.1 Å². The molecular formula is C24H36N4O2. The van der Waals surface area contributed by atoms with Gasteiger partial charge in [0.2, 0.25) is 11.8 Å². The van der Waals surface area contributed by atoms with Crippen LogP contribution in [0.15, 0.2) is 24.3 Å². The molecule has 3 heterocycles. The summed E-state index contributed by atoms with van der Waals surface area (Å²) in [5.74, 6) is 0.475. The van der Waals surface area contributed by atoms with Crippen molar-refractivity contribution in [2.45, 2.75) is 57.4 Å². The molecule has 0 aromatic heterocycles. The lowest BCUT2D eigenvalue weighted by molar-refractivity contribution is -0.135. The van der Waals surface area contributed by atoms with Gasteiger partial charge in [0, 0.05) is 43.8 Å². The maximum Gasteiger partial charge on any atom is 0.236 e. The average molecular weight is 413 g/mol. The quantitative estimate of drug-likeness (QED) is 0.829. The van der Waals surface area contributed by atoms with E-state index in [1.54, 1.807) is 0 Å². The van der Waals surface area contributed by atoms with Crippen molar-refractivity contribution in [3.63, 3.8) is 0 Å². The van der Waals surface area contributed by atoms with Crippen LogP contribution in [0.25, 0.3) is 0 Å². The molecule has 0 saturated carbocycles. The van der Waals surface area contributed by atoms with E-state index >= 15 is 0 Å². The molecule has 1 N–H and O–H groups in total. The molecule has 2 fully saturated rings. The zero-order chi connectivity index (χ0) is 21.0. The molecule has 2 amide bonds. The molecule has 0 bridgehead atoms. The van der Waals surface area contributed by atoms with E-state index in [-0.39, 0.29) is 17.4 Å². The van der Waals surface area contributed by atoms with Gasteiger partial charge in [0.15, 0.2) is 0 Å². The predicted octanol–water partition coefficient (Wildman–Crippen LogP) is 2.74. The number of nitrogens with one attached hydrogen (secondary N) is 1. The highest BCUT2D eigenvalue weighted by atomic mass is 16.2. The summed E-state index contributed by atoms with van der Waals surface area (Å²) in [5, 5.41) is 3.77. The van der Waals surface area contributed by atoms with Gasteiger partial charge in [0.25, 0.3) is 0 Å². The Morgan fingerprint density at radius 3 is 2.50 bits per heavy atom.